The van der Waals surface area contributed by atoms with Crippen LogP contribution in [-0.4, -0.2) is 30.4 Å². The Labute approximate surface area is 110 Å². The second-order valence-corrected chi connectivity index (χ2v) is 4.91. The lowest BCUT2D eigenvalue weighted by Crippen LogP contribution is -2.46. The molecule has 0 spiro atoms. The van der Waals surface area contributed by atoms with Crippen molar-refractivity contribution >= 4 is 11.8 Å². The highest BCUT2D eigenvalue weighted by Crippen LogP contribution is 2.02. The van der Waals surface area contributed by atoms with Crippen LogP contribution in [0.5, 0.6) is 0 Å². The molecule has 18 heavy (non-hydrogen) atoms. The largest absolute Gasteiger partial charge is 0.352 e. The Hall–Kier alpha value is -1.10. The molecule has 1 atom stereocenters. The Balaban J connectivity index is 3.70. The second-order valence-electron chi connectivity index (χ2n) is 4.91. The third-order valence-electron chi connectivity index (χ3n) is 2.56. The monoisotopic (exact) mass is 257 g/mol. The number of carbonyl (C=O) groups excluding carboxylic acids is 2. The van der Waals surface area contributed by atoms with E-state index in [9.17, 15) is 9.59 Å². The molecule has 0 aromatic rings. The summed E-state index contributed by atoms with van der Waals surface area (Å²) >= 11 is 0. The fourth-order valence-electron chi connectivity index (χ4n) is 1.57. The van der Waals surface area contributed by atoms with E-state index in [-0.39, 0.29) is 17.9 Å². The van der Waals surface area contributed by atoms with Crippen molar-refractivity contribution in [3.05, 3.63) is 0 Å². The molecule has 0 heterocycles. The molecule has 0 aliphatic rings. The van der Waals surface area contributed by atoms with Crippen molar-refractivity contribution in [2.24, 2.45) is 5.73 Å². The van der Waals surface area contributed by atoms with Gasteiger partial charge in [0.25, 0.3) is 0 Å². The van der Waals surface area contributed by atoms with E-state index in [1.165, 1.54) is 0 Å². The van der Waals surface area contributed by atoms with Gasteiger partial charge in [0.2, 0.25) is 11.8 Å². The van der Waals surface area contributed by atoms with Crippen LogP contribution < -0.4 is 16.4 Å². The lowest BCUT2D eigenvalue weighted by atomic mass is 10.1. The molecule has 5 heteroatoms. The first kappa shape index (κ1) is 16.9. The van der Waals surface area contributed by atoms with Gasteiger partial charge in [-0.15, -0.1) is 0 Å². The highest BCUT2D eigenvalue weighted by Gasteiger charge is 2.15. The van der Waals surface area contributed by atoms with Crippen LogP contribution in [0.25, 0.3) is 0 Å². The van der Waals surface area contributed by atoms with Gasteiger partial charge in [-0.05, 0) is 40.2 Å². The standard InChI is InChI=1S/C13H27N3O2/c1-10(2)15-13(18)11(3)16-12(17)8-6-4-5-7-9-14/h10-11H,4-9,14H2,1-3H3,(H,15,18)(H,16,17). The van der Waals surface area contributed by atoms with Crippen molar-refractivity contribution in [1.29, 1.82) is 0 Å². The third-order valence-corrected chi connectivity index (χ3v) is 2.56. The van der Waals surface area contributed by atoms with Gasteiger partial charge in [-0.25, -0.2) is 0 Å². The molecule has 4 N–H and O–H groups in total. The molecule has 0 radical (unpaired) electrons. The van der Waals surface area contributed by atoms with Gasteiger partial charge in [-0.1, -0.05) is 12.8 Å². The Morgan fingerprint density at radius 3 is 2.17 bits per heavy atom. The normalized spacial score (nSPS) is 12.3. The molecule has 1 unspecified atom stereocenters. The maximum atomic E-state index is 11.6. The van der Waals surface area contributed by atoms with E-state index in [0.29, 0.717) is 13.0 Å². The molecule has 0 aromatic carbocycles. The van der Waals surface area contributed by atoms with Crippen molar-refractivity contribution < 1.29 is 9.59 Å². The molecular weight excluding hydrogens is 230 g/mol. The van der Waals surface area contributed by atoms with Crippen LogP contribution in [0.4, 0.5) is 0 Å². The number of nitrogens with one attached hydrogen (secondary N) is 2. The van der Waals surface area contributed by atoms with Crippen LogP contribution >= 0.6 is 0 Å². The van der Waals surface area contributed by atoms with Crippen LogP contribution in [-0.2, 0) is 9.59 Å². The van der Waals surface area contributed by atoms with Gasteiger partial charge in [0.1, 0.15) is 6.04 Å². The van der Waals surface area contributed by atoms with E-state index >= 15 is 0 Å². The number of hydrogen-bond donors (Lipinski definition) is 3. The molecule has 5 nitrogen and oxygen atoms in total. The lowest BCUT2D eigenvalue weighted by molar-refractivity contribution is -0.128. The summed E-state index contributed by atoms with van der Waals surface area (Å²) in [7, 11) is 0. The van der Waals surface area contributed by atoms with Crippen molar-refractivity contribution in [2.45, 2.75) is 65.0 Å². The molecule has 0 saturated heterocycles. The summed E-state index contributed by atoms with van der Waals surface area (Å²) in [5.41, 5.74) is 5.39. The SMILES string of the molecule is CC(C)NC(=O)C(C)NC(=O)CCCCCCN. The summed E-state index contributed by atoms with van der Waals surface area (Å²) in [6, 6.07) is -0.378. The number of nitrogens with two attached hydrogens (primary N) is 1. The maximum absolute atomic E-state index is 11.6. The number of amides is 2. The predicted molar refractivity (Wildman–Crippen MR) is 73.0 cm³/mol. The van der Waals surface area contributed by atoms with Gasteiger partial charge in [0, 0.05) is 12.5 Å². The van der Waals surface area contributed by atoms with Crippen molar-refractivity contribution in [3.63, 3.8) is 0 Å². The highest BCUT2D eigenvalue weighted by molar-refractivity contribution is 5.87. The fourth-order valence-corrected chi connectivity index (χ4v) is 1.57. The molecule has 0 saturated carbocycles. The number of carbonyl (C=O) groups is 2. The number of rotatable bonds is 9. The lowest BCUT2D eigenvalue weighted by Gasteiger charge is -2.15. The van der Waals surface area contributed by atoms with E-state index in [0.717, 1.165) is 25.7 Å². The van der Waals surface area contributed by atoms with Gasteiger partial charge in [0.15, 0.2) is 0 Å². The number of unbranched alkanes of at least 4 members (excludes halogenated alkanes) is 3. The minimum Gasteiger partial charge on any atom is -0.352 e. The van der Waals surface area contributed by atoms with Gasteiger partial charge in [-0.3, -0.25) is 9.59 Å². The Morgan fingerprint density at radius 1 is 1.00 bits per heavy atom. The smallest absolute Gasteiger partial charge is 0.242 e. The molecule has 0 aliphatic heterocycles. The number of hydrogen-bond acceptors (Lipinski definition) is 3. The maximum Gasteiger partial charge on any atom is 0.242 e. The zero-order valence-corrected chi connectivity index (χ0v) is 11.8. The summed E-state index contributed by atoms with van der Waals surface area (Å²) in [5, 5.41) is 5.46. The van der Waals surface area contributed by atoms with Crippen molar-refractivity contribution in [1.82, 2.24) is 10.6 Å². The zero-order chi connectivity index (χ0) is 14.0. The van der Waals surface area contributed by atoms with E-state index in [1.807, 2.05) is 13.8 Å². The average Bonchev–Trinajstić information content (AvgIpc) is 2.27. The van der Waals surface area contributed by atoms with E-state index in [2.05, 4.69) is 10.6 Å². The van der Waals surface area contributed by atoms with Crippen LogP contribution in [0, 0.1) is 0 Å². The molecule has 0 rings (SSSR count). The van der Waals surface area contributed by atoms with E-state index in [1.54, 1.807) is 6.92 Å². The summed E-state index contributed by atoms with van der Waals surface area (Å²) in [5.74, 6) is -0.198. The van der Waals surface area contributed by atoms with Gasteiger partial charge >= 0.3 is 0 Å². The molecule has 0 aliphatic carbocycles. The van der Waals surface area contributed by atoms with E-state index in [4.69, 9.17) is 5.73 Å². The zero-order valence-electron chi connectivity index (χ0n) is 11.8. The second kappa shape index (κ2) is 9.88. The fraction of sp³-hybridized carbons (Fsp3) is 0.846. The first-order chi connectivity index (χ1) is 8.47. The predicted octanol–water partition coefficient (Wildman–Crippen LogP) is 0.925. The van der Waals surface area contributed by atoms with Gasteiger partial charge in [0.05, 0.1) is 0 Å². The summed E-state index contributed by atoms with van der Waals surface area (Å²) in [6.07, 6.45) is 4.41. The Morgan fingerprint density at radius 2 is 1.61 bits per heavy atom. The molecular formula is C13H27N3O2. The highest BCUT2D eigenvalue weighted by atomic mass is 16.2. The molecule has 106 valence electrons. The van der Waals surface area contributed by atoms with Crippen LogP contribution in [0.3, 0.4) is 0 Å². The van der Waals surface area contributed by atoms with Crippen molar-refractivity contribution in [2.75, 3.05) is 6.54 Å². The molecule has 0 aromatic heterocycles. The topological polar surface area (TPSA) is 84.2 Å². The summed E-state index contributed by atoms with van der Waals surface area (Å²) < 4.78 is 0. The quantitative estimate of drug-likeness (QED) is 0.537. The first-order valence-corrected chi connectivity index (χ1v) is 6.77. The first-order valence-electron chi connectivity index (χ1n) is 6.77. The van der Waals surface area contributed by atoms with Crippen LogP contribution in [0.1, 0.15) is 52.9 Å². The summed E-state index contributed by atoms with van der Waals surface area (Å²) in [6.45, 7) is 6.19. The Kier molecular flexibility index (Phi) is 9.28. The Bertz CT molecular complexity index is 255. The van der Waals surface area contributed by atoms with E-state index < -0.39 is 6.04 Å². The summed E-state index contributed by atoms with van der Waals surface area (Å²) in [4.78, 5) is 23.1. The van der Waals surface area contributed by atoms with Crippen LogP contribution in [0.15, 0.2) is 0 Å². The van der Waals surface area contributed by atoms with Gasteiger partial charge < -0.3 is 16.4 Å². The molecule has 0 fully saturated rings. The van der Waals surface area contributed by atoms with Crippen molar-refractivity contribution in [3.8, 4) is 0 Å². The molecule has 0 bridgehead atoms. The minimum absolute atomic E-state index is 0.0610. The van der Waals surface area contributed by atoms with Crippen LogP contribution in [0.2, 0.25) is 0 Å². The van der Waals surface area contributed by atoms with Gasteiger partial charge in [-0.2, -0.15) is 0 Å². The average molecular weight is 257 g/mol. The third kappa shape index (κ3) is 8.98. The molecule has 2 amide bonds. The minimum atomic E-state index is -0.469.